The predicted octanol–water partition coefficient (Wildman–Crippen LogP) is 0.766. The summed E-state index contributed by atoms with van der Waals surface area (Å²) in [4.78, 5) is 11.3. The molecule has 2 N–H and O–H groups in total. The van der Waals surface area contributed by atoms with E-state index < -0.39 is 0 Å². The SMILES string of the molecule is CC(C)CC(CO)NC(=O)CSCC#N. The van der Waals surface area contributed by atoms with E-state index in [4.69, 9.17) is 10.4 Å². The van der Waals surface area contributed by atoms with Crippen LogP contribution in [0, 0.1) is 17.2 Å². The largest absolute Gasteiger partial charge is 0.394 e. The Balaban J connectivity index is 3.76. The third kappa shape index (κ3) is 8.28. The van der Waals surface area contributed by atoms with Crippen LogP contribution in [-0.2, 0) is 4.79 Å². The zero-order chi connectivity index (χ0) is 11.7. The Morgan fingerprint density at radius 2 is 2.27 bits per heavy atom. The summed E-state index contributed by atoms with van der Waals surface area (Å²) in [5.41, 5.74) is 0. The minimum absolute atomic E-state index is 0.0349. The highest BCUT2D eigenvalue weighted by molar-refractivity contribution is 8.00. The van der Waals surface area contributed by atoms with Crippen LogP contribution in [0.2, 0.25) is 0 Å². The molecule has 0 radical (unpaired) electrons. The van der Waals surface area contributed by atoms with Crippen molar-refractivity contribution in [3.05, 3.63) is 0 Å². The maximum Gasteiger partial charge on any atom is 0.230 e. The highest BCUT2D eigenvalue weighted by Crippen LogP contribution is 2.05. The van der Waals surface area contributed by atoms with Crippen LogP contribution in [-0.4, -0.2) is 35.2 Å². The highest BCUT2D eigenvalue weighted by Gasteiger charge is 2.12. The lowest BCUT2D eigenvalue weighted by Gasteiger charge is -2.17. The van der Waals surface area contributed by atoms with Gasteiger partial charge in [0.15, 0.2) is 0 Å². The number of hydrogen-bond acceptors (Lipinski definition) is 4. The van der Waals surface area contributed by atoms with Crippen molar-refractivity contribution >= 4 is 17.7 Å². The molecule has 86 valence electrons. The van der Waals surface area contributed by atoms with Crippen molar-refractivity contribution in [2.75, 3.05) is 18.1 Å². The second kappa shape index (κ2) is 8.57. The Hall–Kier alpha value is -0.730. The number of nitrogens with one attached hydrogen (secondary N) is 1. The monoisotopic (exact) mass is 230 g/mol. The third-order valence-corrected chi connectivity index (χ3v) is 2.54. The summed E-state index contributed by atoms with van der Waals surface area (Å²) in [5, 5.41) is 20.0. The van der Waals surface area contributed by atoms with Crippen molar-refractivity contribution in [3.8, 4) is 6.07 Å². The first kappa shape index (κ1) is 14.3. The molecule has 15 heavy (non-hydrogen) atoms. The summed E-state index contributed by atoms with van der Waals surface area (Å²) in [6.07, 6.45) is 0.769. The zero-order valence-corrected chi connectivity index (χ0v) is 10.0. The lowest BCUT2D eigenvalue weighted by atomic mass is 10.0. The molecule has 0 aliphatic heterocycles. The molecule has 0 fully saturated rings. The first-order chi connectivity index (χ1) is 7.10. The smallest absolute Gasteiger partial charge is 0.230 e. The molecule has 0 aromatic heterocycles. The Morgan fingerprint density at radius 3 is 2.73 bits per heavy atom. The number of hydrogen-bond donors (Lipinski definition) is 2. The van der Waals surface area contributed by atoms with Gasteiger partial charge in [-0.25, -0.2) is 0 Å². The maximum absolute atomic E-state index is 11.3. The van der Waals surface area contributed by atoms with E-state index in [0.717, 1.165) is 6.42 Å². The molecule has 0 saturated carbocycles. The topological polar surface area (TPSA) is 73.1 Å². The fourth-order valence-corrected chi connectivity index (χ4v) is 1.67. The van der Waals surface area contributed by atoms with E-state index in [1.807, 2.05) is 19.9 Å². The molecular weight excluding hydrogens is 212 g/mol. The van der Waals surface area contributed by atoms with E-state index >= 15 is 0 Å². The number of carbonyl (C=O) groups is 1. The number of amides is 1. The fourth-order valence-electron chi connectivity index (χ4n) is 1.21. The van der Waals surface area contributed by atoms with Crippen LogP contribution in [0.15, 0.2) is 0 Å². The van der Waals surface area contributed by atoms with Crippen molar-refractivity contribution in [2.45, 2.75) is 26.3 Å². The molecule has 0 rings (SSSR count). The van der Waals surface area contributed by atoms with Crippen LogP contribution >= 0.6 is 11.8 Å². The van der Waals surface area contributed by atoms with Crippen LogP contribution in [0.4, 0.5) is 0 Å². The fraction of sp³-hybridized carbons (Fsp3) is 0.800. The van der Waals surface area contributed by atoms with Crippen molar-refractivity contribution in [3.63, 3.8) is 0 Å². The average molecular weight is 230 g/mol. The quantitative estimate of drug-likeness (QED) is 0.633. The Labute approximate surface area is 95.0 Å². The molecule has 0 aromatic rings. The summed E-state index contributed by atoms with van der Waals surface area (Å²) >= 11 is 1.28. The average Bonchev–Trinajstić information content (AvgIpc) is 2.16. The molecule has 1 atom stereocenters. The van der Waals surface area contributed by atoms with Gasteiger partial charge in [-0.05, 0) is 12.3 Å². The summed E-state index contributed by atoms with van der Waals surface area (Å²) in [6, 6.07) is 1.79. The van der Waals surface area contributed by atoms with E-state index in [-0.39, 0.29) is 24.3 Å². The van der Waals surface area contributed by atoms with Crippen LogP contribution in [0.25, 0.3) is 0 Å². The van der Waals surface area contributed by atoms with Gasteiger partial charge < -0.3 is 10.4 Å². The first-order valence-electron chi connectivity index (χ1n) is 4.95. The third-order valence-electron chi connectivity index (χ3n) is 1.74. The molecule has 1 amide bonds. The minimum atomic E-state index is -0.166. The van der Waals surface area contributed by atoms with Gasteiger partial charge in [0.25, 0.3) is 0 Å². The zero-order valence-electron chi connectivity index (χ0n) is 9.19. The molecule has 0 bridgehead atoms. The van der Waals surface area contributed by atoms with Gasteiger partial charge >= 0.3 is 0 Å². The van der Waals surface area contributed by atoms with Crippen molar-refractivity contribution in [2.24, 2.45) is 5.92 Å². The van der Waals surface area contributed by atoms with Crippen LogP contribution in [0.5, 0.6) is 0 Å². The number of nitriles is 1. The number of thioether (sulfide) groups is 1. The highest BCUT2D eigenvalue weighted by atomic mass is 32.2. The van der Waals surface area contributed by atoms with Gasteiger partial charge in [0.2, 0.25) is 5.91 Å². The van der Waals surface area contributed by atoms with E-state index in [1.54, 1.807) is 0 Å². The van der Waals surface area contributed by atoms with Gasteiger partial charge in [0, 0.05) is 0 Å². The minimum Gasteiger partial charge on any atom is -0.394 e. The number of aliphatic hydroxyl groups is 1. The van der Waals surface area contributed by atoms with Gasteiger partial charge in [0.1, 0.15) is 0 Å². The summed E-state index contributed by atoms with van der Waals surface area (Å²) in [5.74, 6) is 0.924. The Morgan fingerprint density at radius 1 is 1.60 bits per heavy atom. The van der Waals surface area contributed by atoms with Gasteiger partial charge in [-0.3, -0.25) is 4.79 Å². The van der Waals surface area contributed by atoms with E-state index in [1.165, 1.54) is 11.8 Å². The summed E-state index contributed by atoms with van der Waals surface area (Å²) in [7, 11) is 0. The lowest BCUT2D eigenvalue weighted by Crippen LogP contribution is -2.39. The van der Waals surface area contributed by atoms with Gasteiger partial charge in [-0.1, -0.05) is 13.8 Å². The van der Waals surface area contributed by atoms with Crippen LogP contribution in [0.3, 0.4) is 0 Å². The first-order valence-corrected chi connectivity index (χ1v) is 6.10. The second-order valence-electron chi connectivity index (χ2n) is 3.73. The molecule has 4 nitrogen and oxygen atoms in total. The maximum atomic E-state index is 11.3. The molecular formula is C10H18N2O2S. The molecule has 1 unspecified atom stereocenters. The van der Waals surface area contributed by atoms with Crippen LogP contribution in [0.1, 0.15) is 20.3 Å². The molecule has 0 heterocycles. The number of nitrogens with zero attached hydrogens (tertiary/aromatic N) is 1. The molecule has 0 spiro atoms. The number of carbonyl (C=O) groups excluding carboxylic acids is 1. The molecule has 0 aromatic carbocycles. The van der Waals surface area contributed by atoms with Crippen molar-refractivity contribution < 1.29 is 9.90 Å². The van der Waals surface area contributed by atoms with Crippen LogP contribution < -0.4 is 5.32 Å². The van der Waals surface area contributed by atoms with Crippen molar-refractivity contribution in [1.29, 1.82) is 5.26 Å². The Bertz CT molecular complexity index is 226. The second-order valence-corrected chi connectivity index (χ2v) is 4.71. The van der Waals surface area contributed by atoms with E-state index in [2.05, 4.69) is 5.32 Å². The van der Waals surface area contributed by atoms with Crippen molar-refractivity contribution in [1.82, 2.24) is 5.32 Å². The Kier molecular flexibility index (Phi) is 8.15. The van der Waals surface area contributed by atoms with E-state index in [9.17, 15) is 4.79 Å². The standard InChI is InChI=1S/C10H18N2O2S/c1-8(2)5-9(6-13)12-10(14)7-15-4-3-11/h8-9,13H,4-7H2,1-2H3,(H,12,14). The lowest BCUT2D eigenvalue weighted by molar-refractivity contribution is -0.119. The number of aliphatic hydroxyl groups excluding tert-OH is 1. The molecule has 0 aliphatic rings. The molecule has 0 saturated heterocycles. The normalized spacial score (nSPS) is 12.2. The molecule has 0 aliphatic carbocycles. The summed E-state index contributed by atoms with van der Waals surface area (Å²) in [6.45, 7) is 4.05. The summed E-state index contributed by atoms with van der Waals surface area (Å²) < 4.78 is 0. The van der Waals surface area contributed by atoms with Gasteiger partial charge in [-0.15, -0.1) is 11.8 Å². The predicted molar refractivity (Wildman–Crippen MR) is 61.4 cm³/mol. The van der Waals surface area contributed by atoms with Gasteiger partial charge in [0.05, 0.1) is 30.2 Å². The molecule has 5 heteroatoms. The van der Waals surface area contributed by atoms with Gasteiger partial charge in [-0.2, -0.15) is 5.26 Å². The van der Waals surface area contributed by atoms with E-state index in [0.29, 0.717) is 11.7 Å². The number of rotatable bonds is 7.